The normalized spacial score (nSPS) is 12.2. The molecule has 0 saturated carbocycles. The van der Waals surface area contributed by atoms with Gasteiger partial charge in [0.1, 0.15) is 10.6 Å². The maximum absolute atomic E-state index is 11.1. The van der Waals surface area contributed by atoms with E-state index < -0.39 is 0 Å². The molecular weight excluding hydrogens is 254 g/mol. The fraction of sp³-hybridized carbons (Fsp3) is 0.429. The standard InChI is InChI=1S/C7H10BrN3OS/c1-4(6(12)9-2)10-7-11-5(8)3-13-7/h3-4H,1-2H3,(H,9,12)(H,10,11). The summed E-state index contributed by atoms with van der Waals surface area (Å²) in [6.45, 7) is 1.79. The molecule has 1 amide bonds. The van der Waals surface area contributed by atoms with Crippen LogP contribution in [-0.2, 0) is 4.79 Å². The van der Waals surface area contributed by atoms with Crippen molar-refractivity contribution in [2.45, 2.75) is 13.0 Å². The Balaban J connectivity index is 2.54. The van der Waals surface area contributed by atoms with Crippen molar-refractivity contribution in [3.05, 3.63) is 9.98 Å². The molecule has 0 saturated heterocycles. The number of likely N-dealkylation sites (N-methyl/N-ethyl adjacent to an activating group) is 1. The Labute approximate surface area is 88.9 Å². The van der Waals surface area contributed by atoms with Crippen LogP contribution in [0.2, 0.25) is 0 Å². The van der Waals surface area contributed by atoms with E-state index in [0.717, 1.165) is 9.73 Å². The molecule has 0 aliphatic carbocycles. The summed E-state index contributed by atoms with van der Waals surface area (Å²) in [6.07, 6.45) is 0. The fourth-order valence-corrected chi connectivity index (χ4v) is 2.02. The van der Waals surface area contributed by atoms with Gasteiger partial charge in [-0.1, -0.05) is 0 Å². The van der Waals surface area contributed by atoms with Gasteiger partial charge in [0.15, 0.2) is 5.13 Å². The highest BCUT2D eigenvalue weighted by molar-refractivity contribution is 9.10. The highest BCUT2D eigenvalue weighted by Crippen LogP contribution is 2.19. The zero-order chi connectivity index (χ0) is 9.84. The molecule has 0 bridgehead atoms. The minimum Gasteiger partial charge on any atom is -0.357 e. The van der Waals surface area contributed by atoms with E-state index in [2.05, 4.69) is 31.5 Å². The summed E-state index contributed by atoms with van der Waals surface area (Å²) in [7, 11) is 1.61. The van der Waals surface area contributed by atoms with Gasteiger partial charge in [-0.2, -0.15) is 0 Å². The number of hydrogen-bond acceptors (Lipinski definition) is 4. The van der Waals surface area contributed by atoms with Gasteiger partial charge in [-0.3, -0.25) is 4.79 Å². The Morgan fingerprint density at radius 3 is 2.92 bits per heavy atom. The summed E-state index contributed by atoms with van der Waals surface area (Å²) < 4.78 is 0.782. The topological polar surface area (TPSA) is 54.0 Å². The number of nitrogens with zero attached hydrogens (tertiary/aromatic N) is 1. The smallest absolute Gasteiger partial charge is 0.242 e. The Hall–Kier alpha value is -0.620. The van der Waals surface area contributed by atoms with E-state index in [-0.39, 0.29) is 11.9 Å². The van der Waals surface area contributed by atoms with Gasteiger partial charge in [-0.15, -0.1) is 11.3 Å². The third-order valence-electron chi connectivity index (χ3n) is 1.46. The van der Waals surface area contributed by atoms with Crippen LogP contribution in [-0.4, -0.2) is 24.0 Å². The third kappa shape index (κ3) is 2.96. The van der Waals surface area contributed by atoms with Crippen LogP contribution in [0.25, 0.3) is 0 Å². The van der Waals surface area contributed by atoms with Crippen molar-refractivity contribution in [2.75, 3.05) is 12.4 Å². The predicted molar refractivity (Wildman–Crippen MR) is 57.0 cm³/mol. The number of hydrogen-bond donors (Lipinski definition) is 2. The molecule has 1 aromatic rings. The molecule has 6 heteroatoms. The average molecular weight is 264 g/mol. The number of halogens is 1. The van der Waals surface area contributed by atoms with Crippen molar-refractivity contribution >= 4 is 38.3 Å². The SMILES string of the molecule is CNC(=O)C(C)Nc1nc(Br)cs1. The molecule has 1 unspecified atom stereocenters. The summed E-state index contributed by atoms with van der Waals surface area (Å²) in [5, 5.41) is 8.13. The Bertz CT molecular complexity index is 302. The largest absolute Gasteiger partial charge is 0.357 e. The van der Waals surface area contributed by atoms with Gasteiger partial charge in [-0.25, -0.2) is 4.98 Å². The minimum atomic E-state index is -0.261. The quantitative estimate of drug-likeness (QED) is 0.868. The van der Waals surface area contributed by atoms with E-state index in [1.54, 1.807) is 14.0 Å². The number of rotatable bonds is 3. The average Bonchev–Trinajstić information content (AvgIpc) is 2.49. The van der Waals surface area contributed by atoms with Crippen molar-refractivity contribution in [1.29, 1.82) is 0 Å². The second kappa shape index (κ2) is 4.57. The summed E-state index contributed by atoms with van der Waals surface area (Å²) in [6, 6.07) is -0.261. The third-order valence-corrected chi connectivity index (χ3v) is 2.94. The maximum atomic E-state index is 11.1. The van der Waals surface area contributed by atoms with Crippen molar-refractivity contribution < 1.29 is 4.79 Å². The number of anilines is 1. The van der Waals surface area contributed by atoms with Crippen LogP contribution in [0.1, 0.15) is 6.92 Å². The molecule has 0 aromatic carbocycles. The molecule has 0 aliphatic rings. The molecule has 1 rings (SSSR count). The van der Waals surface area contributed by atoms with Gasteiger partial charge >= 0.3 is 0 Å². The lowest BCUT2D eigenvalue weighted by atomic mass is 10.3. The molecule has 13 heavy (non-hydrogen) atoms. The van der Waals surface area contributed by atoms with E-state index in [1.165, 1.54) is 11.3 Å². The highest BCUT2D eigenvalue weighted by atomic mass is 79.9. The van der Waals surface area contributed by atoms with Crippen LogP contribution in [0, 0.1) is 0 Å². The van der Waals surface area contributed by atoms with E-state index >= 15 is 0 Å². The summed E-state index contributed by atoms with van der Waals surface area (Å²) in [4.78, 5) is 15.2. The molecule has 0 fully saturated rings. The first-order valence-corrected chi connectivity index (χ1v) is 5.40. The molecule has 72 valence electrons. The van der Waals surface area contributed by atoms with Crippen molar-refractivity contribution in [2.24, 2.45) is 0 Å². The summed E-state index contributed by atoms with van der Waals surface area (Å²) in [5.74, 6) is -0.0497. The zero-order valence-electron chi connectivity index (χ0n) is 7.30. The first-order chi connectivity index (χ1) is 6.13. The summed E-state index contributed by atoms with van der Waals surface area (Å²) >= 11 is 4.69. The van der Waals surface area contributed by atoms with Gasteiger partial charge in [0.25, 0.3) is 0 Å². The molecule has 2 N–H and O–H groups in total. The number of carbonyl (C=O) groups is 1. The lowest BCUT2D eigenvalue weighted by molar-refractivity contribution is -0.121. The van der Waals surface area contributed by atoms with Crippen LogP contribution in [0.4, 0.5) is 5.13 Å². The number of carbonyl (C=O) groups excluding carboxylic acids is 1. The first kappa shape index (κ1) is 10.5. The monoisotopic (exact) mass is 263 g/mol. The first-order valence-electron chi connectivity index (χ1n) is 3.72. The van der Waals surface area contributed by atoms with Gasteiger partial charge in [0, 0.05) is 12.4 Å². The lowest BCUT2D eigenvalue weighted by Crippen LogP contribution is -2.35. The van der Waals surface area contributed by atoms with E-state index in [1.807, 2.05) is 5.38 Å². The highest BCUT2D eigenvalue weighted by Gasteiger charge is 2.11. The van der Waals surface area contributed by atoms with Crippen LogP contribution in [0.3, 0.4) is 0 Å². The van der Waals surface area contributed by atoms with Crippen LogP contribution in [0.5, 0.6) is 0 Å². The minimum absolute atomic E-state index is 0.0497. The number of aromatic nitrogens is 1. The molecule has 4 nitrogen and oxygen atoms in total. The van der Waals surface area contributed by atoms with Gasteiger partial charge in [0.2, 0.25) is 5.91 Å². The van der Waals surface area contributed by atoms with Crippen LogP contribution < -0.4 is 10.6 Å². The lowest BCUT2D eigenvalue weighted by Gasteiger charge is -2.10. The Morgan fingerprint density at radius 2 is 2.46 bits per heavy atom. The van der Waals surface area contributed by atoms with Gasteiger partial charge < -0.3 is 10.6 Å². The molecule has 0 spiro atoms. The molecule has 1 aromatic heterocycles. The van der Waals surface area contributed by atoms with Crippen LogP contribution in [0.15, 0.2) is 9.98 Å². The van der Waals surface area contributed by atoms with E-state index in [9.17, 15) is 4.79 Å². The predicted octanol–water partition coefficient (Wildman–Crippen LogP) is 1.45. The van der Waals surface area contributed by atoms with Crippen molar-refractivity contribution in [3.63, 3.8) is 0 Å². The molecule has 0 radical (unpaired) electrons. The Morgan fingerprint density at radius 1 is 1.77 bits per heavy atom. The Kier molecular flexibility index (Phi) is 3.68. The van der Waals surface area contributed by atoms with Gasteiger partial charge in [0.05, 0.1) is 0 Å². The van der Waals surface area contributed by atoms with Crippen molar-refractivity contribution in [3.8, 4) is 0 Å². The van der Waals surface area contributed by atoms with Crippen molar-refractivity contribution in [1.82, 2.24) is 10.3 Å². The maximum Gasteiger partial charge on any atom is 0.242 e. The molecule has 1 atom stereocenters. The second-order valence-electron chi connectivity index (χ2n) is 2.46. The van der Waals surface area contributed by atoms with E-state index in [0.29, 0.717) is 0 Å². The zero-order valence-corrected chi connectivity index (χ0v) is 9.70. The van der Waals surface area contributed by atoms with E-state index in [4.69, 9.17) is 0 Å². The molecule has 0 aliphatic heterocycles. The van der Waals surface area contributed by atoms with Gasteiger partial charge in [-0.05, 0) is 22.9 Å². The second-order valence-corrected chi connectivity index (χ2v) is 4.13. The number of nitrogens with one attached hydrogen (secondary N) is 2. The molecule has 1 heterocycles. The summed E-state index contributed by atoms with van der Waals surface area (Å²) in [5.41, 5.74) is 0. The van der Waals surface area contributed by atoms with Crippen LogP contribution >= 0.6 is 27.3 Å². The number of amides is 1. The molecular formula is C7H10BrN3OS. The number of thiazole rings is 1. The fourth-order valence-electron chi connectivity index (χ4n) is 0.788.